The molecule has 2 N–H and O–H groups in total. The number of halogens is 1. The number of aromatic nitrogens is 2. The van der Waals surface area contributed by atoms with Crippen molar-refractivity contribution < 1.29 is 14.4 Å². The number of hydrogen-bond acceptors (Lipinski definition) is 5. The second-order valence-electron chi connectivity index (χ2n) is 7.09. The molecule has 0 atom stereocenters. The summed E-state index contributed by atoms with van der Waals surface area (Å²) in [4.78, 5) is 53.9. The van der Waals surface area contributed by atoms with Crippen LogP contribution in [-0.4, -0.2) is 37.9 Å². The van der Waals surface area contributed by atoms with Gasteiger partial charge in [-0.1, -0.05) is 30.9 Å². The second-order valence-corrected chi connectivity index (χ2v) is 7.52. The number of carbonyl (C=O) groups excluding carboxylic acids is 3. The first-order valence-electron chi connectivity index (χ1n) is 9.00. The number of carbonyl (C=O) groups is 3. The van der Waals surface area contributed by atoms with Crippen LogP contribution < -0.4 is 16.3 Å². The molecule has 1 aliphatic heterocycles. The molecule has 9 nitrogen and oxygen atoms in total. The Labute approximate surface area is 164 Å². The smallest absolute Gasteiger partial charge is 0.322 e. The summed E-state index contributed by atoms with van der Waals surface area (Å²) in [7, 11) is 0. The summed E-state index contributed by atoms with van der Waals surface area (Å²) in [6.07, 6.45) is 5.04. The quantitative estimate of drug-likeness (QED) is 0.751. The number of rotatable bonds is 3. The zero-order valence-electron chi connectivity index (χ0n) is 14.9. The largest absolute Gasteiger partial charge is 0.344 e. The van der Waals surface area contributed by atoms with Gasteiger partial charge in [0.25, 0.3) is 17.4 Å². The van der Waals surface area contributed by atoms with E-state index in [0.29, 0.717) is 33.8 Å². The molecular weight excluding hydrogens is 386 g/mol. The summed E-state index contributed by atoms with van der Waals surface area (Å²) < 4.78 is 1.11. The normalized spacial score (nSPS) is 18.5. The van der Waals surface area contributed by atoms with Gasteiger partial charge < -0.3 is 5.32 Å². The molecular formula is C18H18ClN5O4. The molecule has 1 saturated carbocycles. The Bertz CT molecular complexity index is 1040. The standard InChI is InChI=1S/C18H18ClN5O4/c19-11-4-5-12-13(8-11)20-10-23(15(12)26)9-14(25)22-24-16(27)18(21-17(24)28)6-2-1-3-7-18/h4-5,8,10H,1-3,6-7,9H2,(H,21,28)(H,22,25). The fourth-order valence-electron chi connectivity index (χ4n) is 3.77. The highest BCUT2D eigenvalue weighted by atomic mass is 35.5. The summed E-state index contributed by atoms with van der Waals surface area (Å²) in [6.45, 7) is -0.380. The third-order valence-electron chi connectivity index (χ3n) is 5.21. The maximum absolute atomic E-state index is 12.7. The van der Waals surface area contributed by atoms with Crippen LogP contribution in [0.4, 0.5) is 4.79 Å². The van der Waals surface area contributed by atoms with Crippen LogP contribution in [0, 0.1) is 0 Å². The molecule has 0 bridgehead atoms. The highest BCUT2D eigenvalue weighted by molar-refractivity contribution is 6.31. The Morgan fingerprint density at radius 1 is 1.21 bits per heavy atom. The Morgan fingerprint density at radius 3 is 2.71 bits per heavy atom. The maximum atomic E-state index is 12.7. The predicted octanol–water partition coefficient (Wildman–Crippen LogP) is 1.34. The van der Waals surface area contributed by atoms with Crippen molar-refractivity contribution in [1.29, 1.82) is 0 Å². The molecule has 1 aromatic heterocycles. The molecule has 146 valence electrons. The monoisotopic (exact) mass is 403 g/mol. The van der Waals surface area contributed by atoms with Crippen molar-refractivity contribution in [3.63, 3.8) is 0 Å². The molecule has 2 aliphatic rings. The van der Waals surface area contributed by atoms with Gasteiger partial charge in [0.1, 0.15) is 12.1 Å². The average Bonchev–Trinajstić information content (AvgIpc) is 2.88. The molecule has 2 heterocycles. The first-order valence-corrected chi connectivity index (χ1v) is 9.38. The van der Waals surface area contributed by atoms with Crippen molar-refractivity contribution in [2.75, 3.05) is 0 Å². The lowest BCUT2D eigenvalue weighted by Gasteiger charge is -2.30. The molecule has 2 aromatic rings. The van der Waals surface area contributed by atoms with E-state index in [2.05, 4.69) is 15.7 Å². The van der Waals surface area contributed by atoms with Crippen LogP contribution in [0.25, 0.3) is 10.9 Å². The highest BCUT2D eigenvalue weighted by Crippen LogP contribution is 2.32. The predicted molar refractivity (Wildman–Crippen MR) is 100 cm³/mol. The Balaban J connectivity index is 1.50. The van der Waals surface area contributed by atoms with Gasteiger partial charge in [-0.2, -0.15) is 5.01 Å². The number of amides is 4. The third-order valence-corrected chi connectivity index (χ3v) is 5.44. The number of urea groups is 1. The molecule has 10 heteroatoms. The van der Waals surface area contributed by atoms with E-state index >= 15 is 0 Å². The Morgan fingerprint density at radius 2 is 1.96 bits per heavy atom. The summed E-state index contributed by atoms with van der Waals surface area (Å²) in [5, 5.41) is 4.19. The summed E-state index contributed by atoms with van der Waals surface area (Å²) in [5.74, 6) is -1.13. The Hall–Kier alpha value is -2.94. The molecule has 1 spiro atoms. The number of nitrogens with one attached hydrogen (secondary N) is 2. The lowest BCUT2D eigenvalue weighted by Crippen LogP contribution is -2.51. The van der Waals surface area contributed by atoms with Crippen LogP contribution in [-0.2, 0) is 16.1 Å². The maximum Gasteiger partial charge on any atom is 0.344 e. The van der Waals surface area contributed by atoms with Crippen molar-refractivity contribution in [3.8, 4) is 0 Å². The highest BCUT2D eigenvalue weighted by Gasteiger charge is 2.52. The molecule has 28 heavy (non-hydrogen) atoms. The van der Waals surface area contributed by atoms with E-state index in [1.54, 1.807) is 12.1 Å². The lowest BCUT2D eigenvalue weighted by molar-refractivity contribution is -0.140. The minimum Gasteiger partial charge on any atom is -0.322 e. The number of imide groups is 1. The number of hydrogen-bond donors (Lipinski definition) is 2. The zero-order chi connectivity index (χ0) is 19.9. The minimum absolute atomic E-state index is 0.316. The van der Waals surface area contributed by atoms with Crippen LogP contribution in [0.1, 0.15) is 32.1 Å². The van der Waals surface area contributed by atoms with Gasteiger partial charge in [-0.05, 0) is 31.0 Å². The molecule has 1 aromatic carbocycles. The lowest BCUT2D eigenvalue weighted by atomic mass is 9.82. The van der Waals surface area contributed by atoms with Gasteiger partial charge in [-0.3, -0.25) is 24.4 Å². The first-order chi connectivity index (χ1) is 13.4. The second kappa shape index (κ2) is 6.90. The molecule has 4 amide bonds. The Kier molecular flexibility index (Phi) is 4.54. The van der Waals surface area contributed by atoms with Crippen LogP contribution in [0.2, 0.25) is 5.02 Å². The average molecular weight is 404 g/mol. The minimum atomic E-state index is -0.927. The van der Waals surface area contributed by atoms with Crippen LogP contribution in [0.5, 0.6) is 0 Å². The molecule has 0 radical (unpaired) electrons. The van der Waals surface area contributed by atoms with Gasteiger partial charge in [0.05, 0.1) is 17.2 Å². The SMILES string of the molecule is O=C(Cn1cnc2cc(Cl)ccc2c1=O)NN1C(=O)NC2(CCCCC2)C1=O. The summed E-state index contributed by atoms with van der Waals surface area (Å²) >= 11 is 5.89. The van der Waals surface area contributed by atoms with Gasteiger partial charge in [0, 0.05) is 5.02 Å². The van der Waals surface area contributed by atoms with Crippen molar-refractivity contribution in [1.82, 2.24) is 25.3 Å². The van der Waals surface area contributed by atoms with E-state index in [1.807, 2.05) is 0 Å². The van der Waals surface area contributed by atoms with Crippen LogP contribution in [0.3, 0.4) is 0 Å². The van der Waals surface area contributed by atoms with Crippen molar-refractivity contribution in [2.45, 2.75) is 44.2 Å². The van der Waals surface area contributed by atoms with Gasteiger partial charge in [0.2, 0.25) is 0 Å². The topological polar surface area (TPSA) is 113 Å². The number of fused-ring (bicyclic) bond motifs is 1. The van der Waals surface area contributed by atoms with Crippen LogP contribution >= 0.6 is 11.6 Å². The van der Waals surface area contributed by atoms with Gasteiger partial charge in [0.15, 0.2) is 0 Å². The van der Waals surface area contributed by atoms with Crippen molar-refractivity contribution >= 4 is 40.3 Å². The third kappa shape index (κ3) is 3.11. The van der Waals surface area contributed by atoms with Crippen molar-refractivity contribution in [3.05, 3.63) is 39.9 Å². The fraction of sp³-hybridized carbons (Fsp3) is 0.389. The summed E-state index contributed by atoms with van der Waals surface area (Å²) in [5.41, 5.74) is 1.38. The van der Waals surface area contributed by atoms with E-state index in [9.17, 15) is 19.2 Å². The molecule has 2 fully saturated rings. The van der Waals surface area contributed by atoms with Gasteiger partial charge >= 0.3 is 6.03 Å². The fourth-order valence-corrected chi connectivity index (χ4v) is 3.94. The first kappa shape index (κ1) is 18.4. The van der Waals surface area contributed by atoms with Gasteiger partial charge in [-0.15, -0.1) is 0 Å². The van der Waals surface area contributed by atoms with E-state index < -0.39 is 28.9 Å². The molecule has 4 rings (SSSR count). The number of benzene rings is 1. The van der Waals surface area contributed by atoms with E-state index in [-0.39, 0.29) is 6.54 Å². The van der Waals surface area contributed by atoms with E-state index in [4.69, 9.17) is 11.6 Å². The van der Waals surface area contributed by atoms with Crippen LogP contribution in [0.15, 0.2) is 29.3 Å². The van der Waals surface area contributed by atoms with Gasteiger partial charge in [-0.25, -0.2) is 9.78 Å². The molecule has 1 aliphatic carbocycles. The zero-order valence-corrected chi connectivity index (χ0v) is 15.7. The molecule has 0 unspecified atom stereocenters. The van der Waals surface area contributed by atoms with E-state index in [0.717, 1.165) is 23.8 Å². The number of hydrazine groups is 1. The summed E-state index contributed by atoms with van der Waals surface area (Å²) in [6, 6.07) is 4.00. The van der Waals surface area contributed by atoms with Crippen molar-refractivity contribution in [2.24, 2.45) is 0 Å². The number of nitrogens with zero attached hydrogens (tertiary/aromatic N) is 3. The van der Waals surface area contributed by atoms with E-state index in [1.165, 1.54) is 12.4 Å². The molecule has 1 saturated heterocycles.